The van der Waals surface area contributed by atoms with Crippen LogP contribution in [-0.2, 0) is 10.5 Å². The first-order valence-corrected chi connectivity index (χ1v) is 7.91. The van der Waals surface area contributed by atoms with E-state index in [1.165, 1.54) is 6.07 Å². The molecule has 0 saturated carbocycles. The lowest BCUT2D eigenvalue weighted by Crippen LogP contribution is -2.17. The number of hydrogen-bond acceptors (Lipinski definition) is 3. The molecular formula is C16H19FO2S. The smallest absolute Gasteiger partial charge is 0.124 e. The van der Waals surface area contributed by atoms with Gasteiger partial charge in [0.25, 0.3) is 0 Å². The number of rotatable bonds is 4. The third kappa shape index (κ3) is 5.16. The van der Waals surface area contributed by atoms with Crippen molar-refractivity contribution in [3.8, 4) is 11.8 Å². The largest absolute Gasteiger partial charge is 0.395 e. The molecule has 1 aliphatic rings. The summed E-state index contributed by atoms with van der Waals surface area (Å²) in [4.78, 5) is 0. The van der Waals surface area contributed by atoms with Gasteiger partial charge in [-0.3, -0.25) is 0 Å². The van der Waals surface area contributed by atoms with Gasteiger partial charge in [-0.1, -0.05) is 11.8 Å². The van der Waals surface area contributed by atoms with Crippen LogP contribution < -0.4 is 0 Å². The summed E-state index contributed by atoms with van der Waals surface area (Å²) in [6, 6.07) is 4.94. The predicted octanol–water partition coefficient (Wildman–Crippen LogP) is 2.97. The highest BCUT2D eigenvalue weighted by Crippen LogP contribution is 2.26. The lowest BCUT2D eigenvalue weighted by Gasteiger charge is -2.21. The standard InChI is InChI=1S/C16H19FO2S/c17-15-10-13(3-1-2-6-18)9-14(11-15)12-20-16-4-7-19-8-5-16/h9-11,16,18H,2,4-8,12H2. The van der Waals surface area contributed by atoms with Crippen LogP contribution in [0.25, 0.3) is 0 Å². The maximum atomic E-state index is 13.6. The van der Waals surface area contributed by atoms with Gasteiger partial charge in [-0.2, -0.15) is 11.8 Å². The van der Waals surface area contributed by atoms with Crippen LogP contribution >= 0.6 is 11.8 Å². The summed E-state index contributed by atoms with van der Waals surface area (Å²) < 4.78 is 18.9. The van der Waals surface area contributed by atoms with Crippen molar-refractivity contribution in [3.05, 3.63) is 35.1 Å². The topological polar surface area (TPSA) is 29.5 Å². The highest BCUT2D eigenvalue weighted by Gasteiger charge is 2.14. The summed E-state index contributed by atoms with van der Waals surface area (Å²) in [6.45, 7) is 1.70. The Labute approximate surface area is 123 Å². The van der Waals surface area contributed by atoms with E-state index in [1.54, 1.807) is 6.07 Å². The van der Waals surface area contributed by atoms with E-state index in [4.69, 9.17) is 9.84 Å². The van der Waals surface area contributed by atoms with Crippen molar-refractivity contribution in [2.45, 2.75) is 30.3 Å². The molecule has 0 unspecified atom stereocenters. The van der Waals surface area contributed by atoms with E-state index in [9.17, 15) is 4.39 Å². The van der Waals surface area contributed by atoms with E-state index in [-0.39, 0.29) is 12.4 Å². The molecule has 1 aliphatic heterocycles. The van der Waals surface area contributed by atoms with E-state index in [0.29, 0.717) is 17.2 Å². The van der Waals surface area contributed by atoms with Gasteiger partial charge in [-0.05, 0) is 36.6 Å². The summed E-state index contributed by atoms with van der Waals surface area (Å²) in [7, 11) is 0. The van der Waals surface area contributed by atoms with Crippen molar-refractivity contribution < 1.29 is 14.2 Å². The van der Waals surface area contributed by atoms with Crippen LogP contribution in [0.3, 0.4) is 0 Å². The van der Waals surface area contributed by atoms with E-state index in [0.717, 1.165) is 37.4 Å². The highest BCUT2D eigenvalue weighted by molar-refractivity contribution is 7.99. The number of halogens is 1. The maximum Gasteiger partial charge on any atom is 0.124 e. The van der Waals surface area contributed by atoms with Crippen molar-refractivity contribution in [1.82, 2.24) is 0 Å². The average molecular weight is 294 g/mol. The van der Waals surface area contributed by atoms with E-state index in [2.05, 4.69) is 11.8 Å². The van der Waals surface area contributed by atoms with Gasteiger partial charge >= 0.3 is 0 Å². The van der Waals surface area contributed by atoms with Gasteiger partial charge in [0.1, 0.15) is 5.82 Å². The fraction of sp³-hybridized carbons (Fsp3) is 0.500. The number of benzene rings is 1. The van der Waals surface area contributed by atoms with Crippen LogP contribution in [0.5, 0.6) is 0 Å². The molecule has 0 amide bonds. The molecule has 1 aromatic carbocycles. The summed E-state index contributed by atoms with van der Waals surface area (Å²) in [6.07, 6.45) is 2.56. The molecule has 108 valence electrons. The van der Waals surface area contributed by atoms with Gasteiger partial charge in [0.2, 0.25) is 0 Å². The van der Waals surface area contributed by atoms with Gasteiger partial charge in [0, 0.05) is 36.2 Å². The number of thioether (sulfide) groups is 1. The zero-order valence-electron chi connectivity index (χ0n) is 11.4. The van der Waals surface area contributed by atoms with Gasteiger partial charge in [0.05, 0.1) is 6.61 Å². The Morgan fingerprint density at radius 2 is 2.10 bits per heavy atom. The highest BCUT2D eigenvalue weighted by atomic mass is 32.2. The second-order valence-electron chi connectivity index (χ2n) is 4.75. The number of hydrogen-bond donors (Lipinski definition) is 1. The Bertz CT molecular complexity index is 487. The van der Waals surface area contributed by atoms with Crippen LogP contribution in [0.1, 0.15) is 30.4 Å². The molecule has 1 aromatic rings. The quantitative estimate of drug-likeness (QED) is 0.866. The minimum atomic E-state index is -0.247. The first kappa shape index (κ1) is 15.4. The first-order chi connectivity index (χ1) is 9.78. The van der Waals surface area contributed by atoms with Crippen LogP contribution in [-0.4, -0.2) is 30.2 Å². The normalized spacial score (nSPS) is 15.7. The molecule has 1 fully saturated rings. The Morgan fingerprint density at radius 3 is 2.85 bits per heavy atom. The molecule has 0 bridgehead atoms. The minimum absolute atomic E-state index is 0.0365. The zero-order valence-corrected chi connectivity index (χ0v) is 12.2. The van der Waals surface area contributed by atoms with Gasteiger partial charge in [-0.25, -0.2) is 4.39 Å². The third-order valence-corrected chi connectivity index (χ3v) is 4.52. The Morgan fingerprint density at radius 1 is 1.30 bits per heavy atom. The molecule has 0 aromatic heterocycles. The van der Waals surface area contributed by atoms with Crippen LogP contribution in [0.2, 0.25) is 0 Å². The summed E-state index contributed by atoms with van der Waals surface area (Å²) in [5.74, 6) is 6.26. The zero-order chi connectivity index (χ0) is 14.2. The van der Waals surface area contributed by atoms with Crippen LogP contribution in [0.4, 0.5) is 4.39 Å². The lowest BCUT2D eigenvalue weighted by atomic mass is 10.1. The van der Waals surface area contributed by atoms with E-state index in [1.807, 2.05) is 17.8 Å². The predicted molar refractivity (Wildman–Crippen MR) is 80.1 cm³/mol. The maximum absolute atomic E-state index is 13.6. The molecule has 1 saturated heterocycles. The van der Waals surface area contributed by atoms with Crippen molar-refractivity contribution in [1.29, 1.82) is 0 Å². The van der Waals surface area contributed by atoms with Crippen molar-refractivity contribution in [2.24, 2.45) is 0 Å². The first-order valence-electron chi connectivity index (χ1n) is 6.86. The SMILES string of the molecule is OCCC#Cc1cc(F)cc(CSC2CCOCC2)c1. The third-order valence-electron chi connectivity index (χ3n) is 3.08. The van der Waals surface area contributed by atoms with Crippen LogP contribution in [0.15, 0.2) is 18.2 Å². The number of aliphatic hydroxyl groups excluding tert-OH is 1. The monoisotopic (exact) mass is 294 g/mol. The Balaban J connectivity index is 1.95. The van der Waals surface area contributed by atoms with Crippen molar-refractivity contribution in [2.75, 3.05) is 19.8 Å². The fourth-order valence-corrected chi connectivity index (χ4v) is 3.20. The van der Waals surface area contributed by atoms with E-state index < -0.39 is 0 Å². The van der Waals surface area contributed by atoms with Crippen molar-refractivity contribution >= 4 is 11.8 Å². The molecule has 4 heteroatoms. The molecular weight excluding hydrogens is 275 g/mol. The average Bonchev–Trinajstić information content (AvgIpc) is 2.46. The molecule has 2 rings (SSSR count). The second-order valence-corrected chi connectivity index (χ2v) is 6.03. The Kier molecular flexibility index (Phi) is 6.38. The van der Waals surface area contributed by atoms with E-state index >= 15 is 0 Å². The summed E-state index contributed by atoms with van der Waals surface area (Å²) in [5.41, 5.74) is 1.65. The summed E-state index contributed by atoms with van der Waals surface area (Å²) >= 11 is 1.86. The van der Waals surface area contributed by atoms with Gasteiger partial charge in [-0.15, -0.1) is 0 Å². The van der Waals surface area contributed by atoms with Gasteiger partial charge in [0.15, 0.2) is 0 Å². The molecule has 0 aliphatic carbocycles. The molecule has 0 radical (unpaired) electrons. The Hall–Kier alpha value is -1.02. The number of ether oxygens (including phenoxy) is 1. The fourth-order valence-electron chi connectivity index (χ4n) is 2.08. The molecule has 1 N–H and O–H groups in total. The molecule has 20 heavy (non-hydrogen) atoms. The molecule has 1 heterocycles. The summed E-state index contributed by atoms with van der Waals surface area (Å²) in [5, 5.41) is 9.30. The molecule has 0 spiro atoms. The van der Waals surface area contributed by atoms with Crippen LogP contribution in [0, 0.1) is 17.7 Å². The lowest BCUT2D eigenvalue weighted by molar-refractivity contribution is 0.1000. The van der Waals surface area contributed by atoms with Crippen molar-refractivity contribution in [3.63, 3.8) is 0 Å². The van der Waals surface area contributed by atoms with Gasteiger partial charge < -0.3 is 9.84 Å². The number of aliphatic hydroxyl groups is 1. The minimum Gasteiger partial charge on any atom is -0.395 e. The molecule has 2 nitrogen and oxygen atoms in total. The second kappa shape index (κ2) is 8.31. The molecule has 0 atom stereocenters.